The maximum atomic E-state index is 10.8. The smallest absolute Gasteiger partial charge is 0.216 e. The third-order valence-electron chi connectivity index (χ3n) is 4.15. The van der Waals surface area contributed by atoms with Crippen molar-refractivity contribution in [2.75, 3.05) is 33.7 Å². The van der Waals surface area contributed by atoms with Crippen LogP contribution in [0.1, 0.15) is 39.5 Å². The van der Waals surface area contributed by atoms with Gasteiger partial charge in [0.15, 0.2) is 0 Å². The summed E-state index contributed by atoms with van der Waals surface area (Å²) in [5.41, 5.74) is 0.299. The zero-order valence-corrected chi connectivity index (χ0v) is 12.4. The van der Waals surface area contributed by atoms with Gasteiger partial charge in [0.2, 0.25) is 5.91 Å². The number of nitrogens with one attached hydrogen (secondary N) is 2. The highest BCUT2D eigenvalue weighted by Crippen LogP contribution is 2.35. The molecule has 0 aromatic heterocycles. The Morgan fingerprint density at radius 2 is 2.11 bits per heavy atom. The van der Waals surface area contributed by atoms with Crippen molar-refractivity contribution in [3.05, 3.63) is 0 Å². The summed E-state index contributed by atoms with van der Waals surface area (Å²) >= 11 is 0. The summed E-state index contributed by atoms with van der Waals surface area (Å²) in [6.45, 7) is 6.50. The van der Waals surface area contributed by atoms with Crippen molar-refractivity contribution in [3.63, 3.8) is 0 Å². The van der Waals surface area contributed by atoms with Crippen LogP contribution in [-0.2, 0) is 4.79 Å². The Bertz CT molecular complexity index is 268. The lowest BCUT2D eigenvalue weighted by Gasteiger charge is -2.45. The second kappa shape index (κ2) is 7.10. The zero-order valence-electron chi connectivity index (χ0n) is 12.4. The molecule has 0 radical (unpaired) electrons. The molecule has 4 heteroatoms. The highest BCUT2D eigenvalue weighted by molar-refractivity contribution is 5.72. The molecule has 106 valence electrons. The molecule has 1 saturated carbocycles. The van der Waals surface area contributed by atoms with E-state index >= 15 is 0 Å². The van der Waals surface area contributed by atoms with Crippen molar-refractivity contribution in [2.45, 2.75) is 45.1 Å². The SMILES string of the molecule is CC(=O)NCCNCC1(N(C)C)CCCC(C)C1. The van der Waals surface area contributed by atoms with Crippen LogP contribution in [0.3, 0.4) is 0 Å². The average molecular weight is 255 g/mol. The first-order chi connectivity index (χ1) is 8.46. The first-order valence-corrected chi connectivity index (χ1v) is 7.09. The predicted molar refractivity (Wildman–Crippen MR) is 75.6 cm³/mol. The van der Waals surface area contributed by atoms with Gasteiger partial charge in [0.1, 0.15) is 0 Å². The third kappa shape index (κ3) is 4.58. The van der Waals surface area contributed by atoms with E-state index < -0.39 is 0 Å². The fourth-order valence-electron chi connectivity index (χ4n) is 3.01. The van der Waals surface area contributed by atoms with Crippen LogP contribution < -0.4 is 10.6 Å². The van der Waals surface area contributed by atoms with Crippen LogP contribution in [0.25, 0.3) is 0 Å². The third-order valence-corrected chi connectivity index (χ3v) is 4.15. The Morgan fingerprint density at radius 1 is 1.39 bits per heavy atom. The van der Waals surface area contributed by atoms with Gasteiger partial charge in [-0.2, -0.15) is 0 Å². The molecule has 0 heterocycles. The number of hydrogen-bond acceptors (Lipinski definition) is 3. The summed E-state index contributed by atoms with van der Waals surface area (Å²) in [7, 11) is 4.38. The summed E-state index contributed by atoms with van der Waals surface area (Å²) in [6, 6.07) is 0. The van der Waals surface area contributed by atoms with E-state index in [0.717, 1.165) is 19.0 Å². The average Bonchev–Trinajstić information content (AvgIpc) is 2.28. The molecule has 1 rings (SSSR count). The number of carbonyl (C=O) groups excluding carboxylic acids is 1. The lowest BCUT2D eigenvalue weighted by molar-refractivity contribution is -0.118. The van der Waals surface area contributed by atoms with Crippen molar-refractivity contribution in [1.29, 1.82) is 0 Å². The first-order valence-electron chi connectivity index (χ1n) is 7.09. The molecule has 2 atom stereocenters. The lowest BCUT2D eigenvalue weighted by atomic mass is 9.75. The zero-order chi connectivity index (χ0) is 13.6. The Balaban J connectivity index is 2.36. The second-order valence-corrected chi connectivity index (χ2v) is 5.98. The Kier molecular flexibility index (Phi) is 6.09. The molecule has 0 aromatic rings. The van der Waals surface area contributed by atoms with Gasteiger partial charge in [0.25, 0.3) is 0 Å². The topological polar surface area (TPSA) is 44.4 Å². The van der Waals surface area contributed by atoms with Crippen LogP contribution in [0.2, 0.25) is 0 Å². The van der Waals surface area contributed by atoms with E-state index in [-0.39, 0.29) is 5.91 Å². The van der Waals surface area contributed by atoms with Gasteiger partial charge in [-0.25, -0.2) is 0 Å². The molecule has 18 heavy (non-hydrogen) atoms. The normalized spacial score (nSPS) is 28.4. The highest BCUT2D eigenvalue weighted by atomic mass is 16.1. The summed E-state index contributed by atoms with van der Waals surface area (Å²) in [6.07, 6.45) is 5.23. The van der Waals surface area contributed by atoms with Crippen molar-refractivity contribution in [1.82, 2.24) is 15.5 Å². The van der Waals surface area contributed by atoms with Crippen LogP contribution in [-0.4, -0.2) is 50.1 Å². The molecule has 4 nitrogen and oxygen atoms in total. The predicted octanol–water partition coefficient (Wildman–Crippen LogP) is 1.22. The number of likely N-dealkylation sites (N-methyl/N-ethyl adjacent to an activating group) is 1. The van der Waals surface area contributed by atoms with Crippen LogP contribution in [0, 0.1) is 5.92 Å². The van der Waals surface area contributed by atoms with Gasteiger partial charge in [-0.15, -0.1) is 0 Å². The van der Waals surface area contributed by atoms with Gasteiger partial charge in [-0.3, -0.25) is 4.79 Å². The Hall–Kier alpha value is -0.610. The highest BCUT2D eigenvalue weighted by Gasteiger charge is 2.36. The molecule has 0 aliphatic heterocycles. The molecule has 1 amide bonds. The Morgan fingerprint density at radius 3 is 2.67 bits per heavy atom. The van der Waals surface area contributed by atoms with Crippen molar-refractivity contribution in [3.8, 4) is 0 Å². The van der Waals surface area contributed by atoms with Crippen molar-refractivity contribution in [2.24, 2.45) is 5.92 Å². The van der Waals surface area contributed by atoms with Gasteiger partial charge < -0.3 is 15.5 Å². The number of carbonyl (C=O) groups is 1. The molecule has 0 saturated heterocycles. The Labute approximate surface area is 111 Å². The van der Waals surface area contributed by atoms with Gasteiger partial charge in [0.05, 0.1) is 0 Å². The van der Waals surface area contributed by atoms with E-state index in [9.17, 15) is 4.79 Å². The van der Waals surface area contributed by atoms with Crippen molar-refractivity contribution < 1.29 is 4.79 Å². The molecule has 0 aromatic carbocycles. The van der Waals surface area contributed by atoms with Crippen LogP contribution in [0.15, 0.2) is 0 Å². The minimum atomic E-state index is 0.0467. The monoisotopic (exact) mass is 255 g/mol. The largest absolute Gasteiger partial charge is 0.355 e. The molecular weight excluding hydrogens is 226 g/mol. The molecule has 1 aliphatic rings. The van der Waals surface area contributed by atoms with Gasteiger partial charge >= 0.3 is 0 Å². The second-order valence-electron chi connectivity index (χ2n) is 5.98. The fourth-order valence-corrected chi connectivity index (χ4v) is 3.01. The summed E-state index contributed by atoms with van der Waals surface area (Å²) in [5, 5.41) is 6.32. The molecule has 0 bridgehead atoms. The maximum absolute atomic E-state index is 10.8. The van der Waals surface area contributed by atoms with Crippen LogP contribution in [0.4, 0.5) is 0 Å². The van der Waals surface area contributed by atoms with Crippen LogP contribution >= 0.6 is 0 Å². The number of nitrogens with zero attached hydrogens (tertiary/aromatic N) is 1. The van der Waals surface area contributed by atoms with Gasteiger partial charge in [-0.1, -0.05) is 19.8 Å². The minimum absolute atomic E-state index is 0.0467. The lowest BCUT2D eigenvalue weighted by Crippen LogP contribution is -2.54. The van der Waals surface area contributed by atoms with E-state index in [1.807, 2.05) is 0 Å². The van der Waals surface area contributed by atoms with E-state index in [0.29, 0.717) is 12.1 Å². The molecule has 0 spiro atoms. The van der Waals surface area contributed by atoms with E-state index in [4.69, 9.17) is 0 Å². The van der Waals surface area contributed by atoms with E-state index in [1.54, 1.807) is 6.92 Å². The quantitative estimate of drug-likeness (QED) is 0.702. The fraction of sp³-hybridized carbons (Fsp3) is 0.929. The van der Waals surface area contributed by atoms with E-state index in [1.165, 1.54) is 25.7 Å². The summed E-state index contributed by atoms with van der Waals surface area (Å²) in [4.78, 5) is 13.2. The summed E-state index contributed by atoms with van der Waals surface area (Å²) in [5.74, 6) is 0.865. The molecule has 1 aliphatic carbocycles. The number of rotatable bonds is 6. The summed E-state index contributed by atoms with van der Waals surface area (Å²) < 4.78 is 0. The maximum Gasteiger partial charge on any atom is 0.216 e. The minimum Gasteiger partial charge on any atom is -0.355 e. The van der Waals surface area contributed by atoms with E-state index in [2.05, 4.69) is 36.6 Å². The number of amides is 1. The molecular formula is C14H29N3O. The van der Waals surface area contributed by atoms with Crippen LogP contribution in [0.5, 0.6) is 0 Å². The molecule has 2 N–H and O–H groups in total. The molecule has 1 fully saturated rings. The van der Waals surface area contributed by atoms with Crippen molar-refractivity contribution >= 4 is 5.91 Å². The standard InChI is InChI=1S/C14H29N3O/c1-12-6-5-7-14(10-12,17(3)4)11-15-8-9-16-13(2)18/h12,15H,5-11H2,1-4H3,(H,16,18). The molecule has 2 unspecified atom stereocenters. The number of hydrogen-bond donors (Lipinski definition) is 2. The van der Waals surface area contributed by atoms with Gasteiger partial charge in [-0.05, 0) is 32.9 Å². The van der Waals surface area contributed by atoms with Gasteiger partial charge in [0, 0.05) is 32.1 Å². The first kappa shape index (κ1) is 15.4.